The van der Waals surface area contributed by atoms with Gasteiger partial charge in [0.25, 0.3) is 5.91 Å². The van der Waals surface area contributed by atoms with Crippen LogP contribution in [0.5, 0.6) is 0 Å². The van der Waals surface area contributed by atoms with Gasteiger partial charge in [-0.25, -0.2) is 0 Å². The van der Waals surface area contributed by atoms with Gasteiger partial charge in [-0.1, -0.05) is 13.8 Å². The van der Waals surface area contributed by atoms with Gasteiger partial charge >= 0.3 is 0 Å². The second kappa shape index (κ2) is 9.87. The van der Waals surface area contributed by atoms with Crippen LogP contribution in [0.1, 0.15) is 55.3 Å². The summed E-state index contributed by atoms with van der Waals surface area (Å²) >= 11 is 0. The monoisotopic (exact) mass is 336 g/mol. The van der Waals surface area contributed by atoms with E-state index in [2.05, 4.69) is 10.6 Å². The van der Waals surface area contributed by atoms with Gasteiger partial charge in [0.1, 0.15) is 11.7 Å². The zero-order valence-electron chi connectivity index (χ0n) is 14.7. The topological polar surface area (TPSA) is 106 Å². The summed E-state index contributed by atoms with van der Waals surface area (Å²) < 4.78 is 1.26. The third-order valence-corrected chi connectivity index (χ3v) is 3.58. The van der Waals surface area contributed by atoms with Gasteiger partial charge in [-0.2, -0.15) is 0 Å². The Kier molecular flexibility index (Phi) is 8.18. The molecule has 1 rings (SSSR count). The van der Waals surface area contributed by atoms with Crippen LogP contribution in [0.3, 0.4) is 0 Å². The van der Waals surface area contributed by atoms with E-state index in [4.69, 9.17) is 5.73 Å². The Bertz CT molecular complexity index is 566. The van der Waals surface area contributed by atoms with E-state index in [9.17, 15) is 14.4 Å². The third kappa shape index (κ3) is 6.16. The first-order chi connectivity index (χ1) is 11.4. The van der Waals surface area contributed by atoms with Crippen molar-refractivity contribution in [2.45, 2.75) is 46.1 Å². The van der Waals surface area contributed by atoms with Gasteiger partial charge in [-0.3, -0.25) is 19.0 Å². The summed E-state index contributed by atoms with van der Waals surface area (Å²) in [6.45, 7) is 6.47. The number of nitrogens with one attached hydrogen (secondary N) is 2. The Labute approximate surface area is 143 Å². The molecule has 0 saturated heterocycles. The molecule has 1 heterocycles. The molecule has 1 atom stereocenters. The van der Waals surface area contributed by atoms with Crippen LogP contribution in [0, 0.1) is 5.92 Å². The predicted molar refractivity (Wildman–Crippen MR) is 92.7 cm³/mol. The van der Waals surface area contributed by atoms with Crippen molar-refractivity contribution in [3.05, 3.63) is 24.0 Å². The third-order valence-electron chi connectivity index (χ3n) is 3.58. The Hall–Kier alpha value is -2.15. The van der Waals surface area contributed by atoms with E-state index in [0.717, 1.165) is 12.8 Å². The lowest BCUT2D eigenvalue weighted by atomic mass is 10.0. The number of nitrogens with zero attached hydrogens (tertiary/aromatic N) is 1. The highest BCUT2D eigenvalue weighted by molar-refractivity contribution is 5.99. The van der Waals surface area contributed by atoms with Crippen LogP contribution in [0.2, 0.25) is 0 Å². The van der Waals surface area contributed by atoms with E-state index in [-0.39, 0.29) is 23.4 Å². The zero-order valence-corrected chi connectivity index (χ0v) is 14.7. The van der Waals surface area contributed by atoms with Crippen LogP contribution in [0.25, 0.3) is 0 Å². The Morgan fingerprint density at radius 2 is 1.96 bits per heavy atom. The molecular weight excluding hydrogens is 308 g/mol. The van der Waals surface area contributed by atoms with Crippen molar-refractivity contribution >= 4 is 17.7 Å². The lowest BCUT2D eigenvalue weighted by Crippen LogP contribution is -2.48. The molecule has 1 aromatic rings. The normalized spacial score (nSPS) is 12.0. The average molecular weight is 336 g/mol. The molecule has 0 saturated carbocycles. The van der Waals surface area contributed by atoms with Gasteiger partial charge in [0.15, 0.2) is 0 Å². The maximum absolute atomic E-state index is 12.4. The lowest BCUT2D eigenvalue weighted by molar-refractivity contribution is -0.123. The molecule has 0 aliphatic carbocycles. The van der Waals surface area contributed by atoms with E-state index < -0.39 is 11.9 Å². The number of hydrogen-bond acceptors (Lipinski definition) is 4. The van der Waals surface area contributed by atoms with Gasteiger partial charge < -0.3 is 16.4 Å². The Morgan fingerprint density at radius 1 is 1.25 bits per heavy atom. The van der Waals surface area contributed by atoms with Crippen molar-refractivity contribution in [3.8, 4) is 0 Å². The highest BCUT2D eigenvalue weighted by atomic mass is 16.2. The van der Waals surface area contributed by atoms with E-state index in [1.165, 1.54) is 17.7 Å². The van der Waals surface area contributed by atoms with Gasteiger partial charge in [0.2, 0.25) is 11.8 Å². The van der Waals surface area contributed by atoms with E-state index in [1.807, 2.05) is 13.8 Å². The minimum Gasteiger partial charge on any atom is -0.354 e. The van der Waals surface area contributed by atoms with Crippen molar-refractivity contribution in [1.29, 1.82) is 0 Å². The summed E-state index contributed by atoms with van der Waals surface area (Å²) in [5.74, 6) is -0.658. The number of aromatic nitrogens is 1. The van der Waals surface area contributed by atoms with Crippen molar-refractivity contribution in [3.63, 3.8) is 0 Å². The first-order valence-electron chi connectivity index (χ1n) is 8.33. The molecule has 24 heavy (non-hydrogen) atoms. The van der Waals surface area contributed by atoms with Crippen molar-refractivity contribution < 1.29 is 14.4 Å². The quantitative estimate of drug-likeness (QED) is 0.588. The molecule has 0 aromatic carbocycles. The van der Waals surface area contributed by atoms with Crippen molar-refractivity contribution in [1.82, 2.24) is 15.2 Å². The summed E-state index contributed by atoms with van der Waals surface area (Å²) in [5.41, 5.74) is 5.66. The summed E-state index contributed by atoms with van der Waals surface area (Å²) in [4.78, 5) is 36.3. The van der Waals surface area contributed by atoms with Gasteiger partial charge in [-0.05, 0) is 43.9 Å². The molecule has 0 radical (unpaired) electrons. The van der Waals surface area contributed by atoms with Crippen LogP contribution in [-0.4, -0.2) is 41.4 Å². The fourth-order valence-corrected chi connectivity index (χ4v) is 2.38. The number of unbranched alkanes of at least 4 members (excludes halogenated alkanes) is 1. The molecule has 0 aliphatic heterocycles. The molecule has 0 fully saturated rings. The van der Waals surface area contributed by atoms with Gasteiger partial charge in [-0.15, -0.1) is 0 Å². The number of carbonyl (C=O) groups is 3. The number of rotatable bonds is 9. The van der Waals surface area contributed by atoms with E-state index >= 15 is 0 Å². The van der Waals surface area contributed by atoms with Crippen molar-refractivity contribution in [2.75, 3.05) is 13.1 Å². The number of amides is 2. The molecular formula is C17H28N4O3. The molecule has 4 N–H and O–H groups in total. The fraction of sp³-hybridized carbons (Fsp3) is 0.588. The second-order valence-electron chi connectivity index (χ2n) is 6.22. The Morgan fingerprint density at radius 3 is 2.54 bits per heavy atom. The number of hydrogen-bond donors (Lipinski definition) is 3. The molecule has 0 spiro atoms. The molecule has 7 nitrogen and oxygen atoms in total. The standard InChI is InChI=1S/C17H28N4O3/c1-12(2)11-14(16(23)19-9-5-4-8-18)20-17(24)15-7-6-10-21(15)13(3)22/h6-7,10,12,14H,4-5,8-9,11,18H2,1-3H3,(H,19,23)(H,20,24)/t14-/m0/s1. The lowest BCUT2D eigenvalue weighted by Gasteiger charge is -2.20. The highest BCUT2D eigenvalue weighted by Gasteiger charge is 2.23. The molecule has 1 aromatic heterocycles. The molecule has 7 heteroatoms. The Balaban J connectivity index is 2.74. The largest absolute Gasteiger partial charge is 0.354 e. The summed E-state index contributed by atoms with van der Waals surface area (Å²) in [6, 6.07) is 2.55. The summed E-state index contributed by atoms with van der Waals surface area (Å²) in [6.07, 6.45) is 3.70. The van der Waals surface area contributed by atoms with Crippen LogP contribution in [0.4, 0.5) is 0 Å². The minimum absolute atomic E-state index is 0.213. The van der Waals surface area contributed by atoms with Crippen molar-refractivity contribution in [2.24, 2.45) is 11.7 Å². The van der Waals surface area contributed by atoms with Crippen LogP contribution >= 0.6 is 0 Å². The fourth-order valence-electron chi connectivity index (χ4n) is 2.38. The van der Waals surface area contributed by atoms with Crippen LogP contribution in [0.15, 0.2) is 18.3 Å². The molecule has 134 valence electrons. The SMILES string of the molecule is CC(=O)n1cccc1C(=O)N[C@@H](CC(C)C)C(=O)NCCCCN. The smallest absolute Gasteiger partial charge is 0.268 e. The predicted octanol–water partition coefficient (Wildman–Crippen LogP) is 1.15. The average Bonchev–Trinajstić information content (AvgIpc) is 3.00. The van der Waals surface area contributed by atoms with E-state index in [0.29, 0.717) is 19.5 Å². The number of nitrogens with two attached hydrogens (primary N) is 1. The first kappa shape index (κ1) is 19.9. The summed E-state index contributed by atoms with van der Waals surface area (Å²) in [7, 11) is 0. The number of carbonyl (C=O) groups excluding carboxylic acids is 3. The zero-order chi connectivity index (χ0) is 18.1. The second-order valence-corrected chi connectivity index (χ2v) is 6.22. The van der Waals surface area contributed by atoms with Gasteiger partial charge in [0.05, 0.1) is 0 Å². The van der Waals surface area contributed by atoms with Crippen LogP contribution < -0.4 is 16.4 Å². The van der Waals surface area contributed by atoms with Gasteiger partial charge in [0, 0.05) is 19.7 Å². The molecule has 0 aliphatic rings. The summed E-state index contributed by atoms with van der Waals surface area (Å²) in [5, 5.41) is 5.57. The molecule has 2 amide bonds. The van der Waals surface area contributed by atoms with Crippen LogP contribution in [-0.2, 0) is 4.79 Å². The molecule has 0 unspecified atom stereocenters. The first-order valence-corrected chi connectivity index (χ1v) is 8.33. The molecule has 0 bridgehead atoms. The minimum atomic E-state index is -0.634. The maximum atomic E-state index is 12.4. The highest BCUT2D eigenvalue weighted by Crippen LogP contribution is 2.08. The van der Waals surface area contributed by atoms with E-state index in [1.54, 1.807) is 12.1 Å². The maximum Gasteiger partial charge on any atom is 0.268 e.